The zero-order valence-electron chi connectivity index (χ0n) is 10.4. The van der Waals surface area contributed by atoms with Gasteiger partial charge in [-0.05, 0) is 19.4 Å². The van der Waals surface area contributed by atoms with Crippen LogP contribution in [-0.4, -0.2) is 28.4 Å². The Balaban J connectivity index is 2.37. The van der Waals surface area contributed by atoms with E-state index in [-0.39, 0.29) is 18.4 Å². The number of nitrogens with zero attached hydrogens (tertiary/aromatic N) is 1. The summed E-state index contributed by atoms with van der Waals surface area (Å²) in [4.78, 5) is 25.2. The molecule has 0 saturated carbocycles. The van der Waals surface area contributed by atoms with Crippen LogP contribution in [0, 0.1) is 0 Å². The maximum atomic E-state index is 12.0. The molecular weight excluding hydrogens is 230 g/mol. The fraction of sp³-hybridized carbons (Fsp3) is 0.286. The van der Waals surface area contributed by atoms with Crippen LogP contribution in [0.2, 0.25) is 0 Å². The van der Waals surface area contributed by atoms with E-state index in [1.165, 1.54) is 0 Å². The molecule has 2 rings (SSSR count). The summed E-state index contributed by atoms with van der Waals surface area (Å²) in [6.07, 6.45) is 0. The topological polar surface area (TPSA) is 57.6 Å². The number of carbonyl (C=O) groups is 2. The lowest BCUT2D eigenvalue weighted by Gasteiger charge is -2.25. The van der Waals surface area contributed by atoms with Crippen LogP contribution in [0.25, 0.3) is 0 Å². The third kappa shape index (κ3) is 1.84. The largest absolute Gasteiger partial charge is 0.394 e. The van der Waals surface area contributed by atoms with Gasteiger partial charge >= 0.3 is 0 Å². The number of benzene rings is 1. The highest BCUT2D eigenvalue weighted by Gasteiger charge is 2.38. The molecule has 4 nitrogen and oxygen atoms in total. The molecular formula is C14H15NO3. The summed E-state index contributed by atoms with van der Waals surface area (Å²) in [6.45, 7) is 2.99. The molecule has 0 saturated heterocycles. The Kier molecular flexibility index (Phi) is 3.30. The lowest BCUT2D eigenvalue weighted by atomic mass is 10.1. The van der Waals surface area contributed by atoms with E-state index in [9.17, 15) is 14.7 Å². The molecule has 0 spiro atoms. The van der Waals surface area contributed by atoms with Gasteiger partial charge in [-0.2, -0.15) is 0 Å². The first-order valence-corrected chi connectivity index (χ1v) is 5.79. The Bertz CT molecular complexity index is 495. The van der Waals surface area contributed by atoms with Gasteiger partial charge in [0.25, 0.3) is 11.8 Å². The van der Waals surface area contributed by atoms with Crippen molar-refractivity contribution < 1.29 is 14.7 Å². The number of aliphatic hydroxyl groups is 1. The molecule has 1 heterocycles. The van der Waals surface area contributed by atoms with Crippen molar-refractivity contribution in [2.24, 2.45) is 0 Å². The van der Waals surface area contributed by atoms with Crippen LogP contribution in [0.3, 0.4) is 0 Å². The predicted molar refractivity (Wildman–Crippen MR) is 66.5 cm³/mol. The van der Waals surface area contributed by atoms with E-state index >= 15 is 0 Å². The van der Waals surface area contributed by atoms with Crippen LogP contribution in [0.15, 0.2) is 41.5 Å². The Morgan fingerprint density at radius 2 is 1.56 bits per heavy atom. The Morgan fingerprint density at radius 3 is 2.00 bits per heavy atom. The first kappa shape index (κ1) is 12.5. The minimum atomic E-state index is -0.612. The van der Waals surface area contributed by atoms with E-state index in [4.69, 9.17) is 0 Å². The average molecular weight is 245 g/mol. The number of hydrogen-bond donors (Lipinski definition) is 1. The zero-order valence-corrected chi connectivity index (χ0v) is 10.4. The summed E-state index contributed by atoms with van der Waals surface area (Å²) >= 11 is 0. The molecule has 2 amide bonds. The van der Waals surface area contributed by atoms with E-state index in [0.717, 1.165) is 10.5 Å². The molecule has 1 aliphatic heterocycles. The third-order valence-corrected chi connectivity index (χ3v) is 3.31. The molecule has 1 aromatic rings. The fourth-order valence-electron chi connectivity index (χ4n) is 2.07. The van der Waals surface area contributed by atoms with Crippen LogP contribution in [0.4, 0.5) is 0 Å². The first-order chi connectivity index (χ1) is 8.57. The van der Waals surface area contributed by atoms with Gasteiger partial charge in [-0.25, -0.2) is 0 Å². The minimum absolute atomic E-state index is 0.276. The second-order valence-electron chi connectivity index (χ2n) is 4.34. The van der Waals surface area contributed by atoms with Gasteiger partial charge in [-0.1, -0.05) is 30.3 Å². The molecule has 0 bridgehead atoms. The molecule has 1 aromatic carbocycles. The second-order valence-corrected chi connectivity index (χ2v) is 4.34. The summed E-state index contributed by atoms with van der Waals surface area (Å²) in [5, 5.41) is 9.48. The smallest absolute Gasteiger partial charge is 0.257 e. The predicted octanol–water partition coefficient (Wildman–Crippen LogP) is 1.43. The van der Waals surface area contributed by atoms with Crippen LogP contribution in [-0.2, 0) is 9.59 Å². The minimum Gasteiger partial charge on any atom is -0.394 e. The monoisotopic (exact) mass is 245 g/mol. The molecule has 1 atom stereocenters. The number of carbonyl (C=O) groups excluding carboxylic acids is 2. The van der Waals surface area contributed by atoms with Crippen LogP contribution >= 0.6 is 0 Å². The maximum absolute atomic E-state index is 12.0. The van der Waals surface area contributed by atoms with Gasteiger partial charge in [0.05, 0.1) is 12.6 Å². The quantitative estimate of drug-likeness (QED) is 0.819. The van der Waals surface area contributed by atoms with E-state index in [1.54, 1.807) is 26.0 Å². The number of aliphatic hydroxyl groups excluding tert-OH is 1. The highest BCUT2D eigenvalue weighted by molar-refractivity contribution is 6.19. The van der Waals surface area contributed by atoms with Gasteiger partial charge in [0.15, 0.2) is 0 Å². The third-order valence-electron chi connectivity index (χ3n) is 3.31. The van der Waals surface area contributed by atoms with E-state index < -0.39 is 6.04 Å². The highest BCUT2D eigenvalue weighted by atomic mass is 16.3. The number of amides is 2. The van der Waals surface area contributed by atoms with E-state index in [0.29, 0.717) is 11.1 Å². The lowest BCUT2D eigenvalue weighted by molar-refractivity contribution is -0.141. The number of hydrogen-bond acceptors (Lipinski definition) is 3. The molecule has 0 aromatic heterocycles. The molecule has 0 aliphatic carbocycles. The summed E-state index contributed by atoms with van der Waals surface area (Å²) < 4.78 is 0. The van der Waals surface area contributed by atoms with Crippen molar-refractivity contribution in [3.8, 4) is 0 Å². The van der Waals surface area contributed by atoms with Gasteiger partial charge in [-0.15, -0.1) is 0 Å². The van der Waals surface area contributed by atoms with Crippen LogP contribution < -0.4 is 0 Å². The van der Waals surface area contributed by atoms with E-state index in [1.807, 2.05) is 18.2 Å². The number of imide groups is 1. The molecule has 18 heavy (non-hydrogen) atoms. The molecule has 0 radical (unpaired) electrons. The summed E-state index contributed by atoms with van der Waals surface area (Å²) in [5.74, 6) is -0.638. The van der Waals surface area contributed by atoms with Gasteiger partial charge in [-0.3, -0.25) is 14.5 Å². The van der Waals surface area contributed by atoms with Crippen molar-refractivity contribution >= 4 is 11.8 Å². The van der Waals surface area contributed by atoms with Crippen LogP contribution in [0.1, 0.15) is 25.5 Å². The van der Waals surface area contributed by atoms with E-state index in [2.05, 4.69) is 0 Å². The normalized spacial score (nSPS) is 17.6. The lowest BCUT2D eigenvalue weighted by Crippen LogP contribution is -2.37. The van der Waals surface area contributed by atoms with Crippen molar-refractivity contribution in [3.05, 3.63) is 47.0 Å². The van der Waals surface area contributed by atoms with Gasteiger partial charge in [0, 0.05) is 11.1 Å². The highest BCUT2D eigenvalue weighted by Crippen LogP contribution is 2.29. The van der Waals surface area contributed by atoms with Gasteiger partial charge < -0.3 is 5.11 Å². The molecule has 1 aliphatic rings. The molecule has 1 N–H and O–H groups in total. The summed E-state index contributed by atoms with van der Waals surface area (Å²) in [5.41, 5.74) is 1.66. The summed E-state index contributed by atoms with van der Waals surface area (Å²) in [7, 11) is 0. The fourth-order valence-corrected chi connectivity index (χ4v) is 2.07. The Morgan fingerprint density at radius 1 is 1.06 bits per heavy atom. The zero-order chi connectivity index (χ0) is 13.3. The van der Waals surface area contributed by atoms with Crippen molar-refractivity contribution in [2.75, 3.05) is 6.61 Å². The summed E-state index contributed by atoms with van der Waals surface area (Å²) in [6, 6.07) is 8.46. The Labute approximate surface area is 106 Å². The SMILES string of the molecule is CC1=C(C)C(=O)N(C(CO)c2ccccc2)C1=O. The van der Waals surface area contributed by atoms with Gasteiger partial charge in [0.1, 0.15) is 0 Å². The second kappa shape index (κ2) is 4.74. The standard InChI is InChI=1S/C14H15NO3/c1-9-10(2)14(18)15(13(9)17)12(8-16)11-6-4-3-5-7-11/h3-7,12,16H,8H2,1-2H3. The average Bonchev–Trinajstić information content (AvgIpc) is 2.59. The van der Waals surface area contributed by atoms with Crippen LogP contribution in [0.5, 0.6) is 0 Å². The molecule has 4 heteroatoms. The molecule has 94 valence electrons. The first-order valence-electron chi connectivity index (χ1n) is 5.79. The Hall–Kier alpha value is -1.94. The van der Waals surface area contributed by atoms with Crippen molar-refractivity contribution in [1.29, 1.82) is 0 Å². The maximum Gasteiger partial charge on any atom is 0.257 e. The van der Waals surface area contributed by atoms with Crippen molar-refractivity contribution in [3.63, 3.8) is 0 Å². The van der Waals surface area contributed by atoms with Crippen molar-refractivity contribution in [1.82, 2.24) is 4.90 Å². The van der Waals surface area contributed by atoms with Gasteiger partial charge in [0.2, 0.25) is 0 Å². The molecule has 0 fully saturated rings. The molecule has 1 unspecified atom stereocenters. The number of rotatable bonds is 3. The van der Waals surface area contributed by atoms with Crippen molar-refractivity contribution in [2.45, 2.75) is 19.9 Å².